The maximum Gasteiger partial charge on any atom is 0.294 e. The van der Waals surface area contributed by atoms with E-state index in [0.29, 0.717) is 5.56 Å². The van der Waals surface area contributed by atoms with Crippen molar-refractivity contribution in [1.82, 2.24) is 10.2 Å². The second-order valence-electron chi connectivity index (χ2n) is 1.85. The lowest BCUT2D eigenvalue weighted by Crippen LogP contribution is -2.09. The standard InChI is InChI=1S/C6H5N3O/c1-4-3-5(7-2)8-9-6(4)10/h3H,1H3,(H,9,10). The van der Waals surface area contributed by atoms with Crippen LogP contribution < -0.4 is 5.56 Å². The van der Waals surface area contributed by atoms with E-state index in [1.807, 2.05) is 0 Å². The molecule has 0 aliphatic rings. The Hall–Kier alpha value is -1.63. The summed E-state index contributed by atoms with van der Waals surface area (Å²) in [6.07, 6.45) is 0. The van der Waals surface area contributed by atoms with Crippen molar-refractivity contribution in [1.29, 1.82) is 0 Å². The van der Waals surface area contributed by atoms with Gasteiger partial charge in [-0.1, -0.05) is 6.57 Å². The van der Waals surface area contributed by atoms with Crippen LogP contribution in [0, 0.1) is 13.5 Å². The first kappa shape index (κ1) is 6.49. The zero-order valence-corrected chi connectivity index (χ0v) is 5.38. The molecule has 1 heterocycles. The van der Waals surface area contributed by atoms with E-state index in [0.717, 1.165) is 0 Å². The van der Waals surface area contributed by atoms with E-state index in [-0.39, 0.29) is 11.4 Å². The first-order valence-corrected chi connectivity index (χ1v) is 2.68. The molecule has 0 amide bonds. The van der Waals surface area contributed by atoms with Crippen LogP contribution in [0.15, 0.2) is 10.9 Å². The zero-order valence-electron chi connectivity index (χ0n) is 5.38. The lowest BCUT2D eigenvalue weighted by atomic mass is 10.3. The SMILES string of the molecule is [C-]#[N+]c1cc(C)c(=O)[nH]n1. The number of nitrogens with one attached hydrogen (secondary N) is 1. The van der Waals surface area contributed by atoms with Crippen LogP contribution in [0.2, 0.25) is 0 Å². The number of nitrogens with zero attached hydrogens (tertiary/aromatic N) is 2. The molecule has 1 aromatic rings. The molecule has 0 fully saturated rings. The monoisotopic (exact) mass is 135 g/mol. The van der Waals surface area contributed by atoms with Gasteiger partial charge in [-0.3, -0.25) is 4.79 Å². The first-order valence-electron chi connectivity index (χ1n) is 2.68. The Labute approximate surface area is 57.3 Å². The number of hydrogen-bond donors (Lipinski definition) is 1. The van der Waals surface area contributed by atoms with Gasteiger partial charge in [0.25, 0.3) is 11.4 Å². The fourth-order valence-corrected chi connectivity index (χ4v) is 0.545. The van der Waals surface area contributed by atoms with E-state index in [1.54, 1.807) is 6.92 Å². The van der Waals surface area contributed by atoms with Gasteiger partial charge in [0.1, 0.15) is 0 Å². The molecule has 0 aliphatic carbocycles. The third-order valence-electron chi connectivity index (χ3n) is 1.09. The van der Waals surface area contributed by atoms with Crippen LogP contribution in [0.25, 0.3) is 4.85 Å². The molecule has 0 bridgehead atoms. The second kappa shape index (κ2) is 2.31. The van der Waals surface area contributed by atoms with Gasteiger partial charge in [0.15, 0.2) is 0 Å². The highest BCUT2D eigenvalue weighted by atomic mass is 16.1. The van der Waals surface area contributed by atoms with Crippen LogP contribution in [-0.4, -0.2) is 10.2 Å². The summed E-state index contributed by atoms with van der Waals surface area (Å²) in [5.41, 5.74) is 0.272. The Kier molecular flexibility index (Phi) is 1.50. The van der Waals surface area contributed by atoms with E-state index < -0.39 is 0 Å². The average Bonchev–Trinajstić information content (AvgIpc) is 1.95. The van der Waals surface area contributed by atoms with Gasteiger partial charge in [-0.15, -0.1) is 0 Å². The van der Waals surface area contributed by atoms with Crippen LogP contribution in [0.4, 0.5) is 5.82 Å². The van der Waals surface area contributed by atoms with Gasteiger partial charge in [-0.05, 0) is 18.1 Å². The molecular weight excluding hydrogens is 130 g/mol. The second-order valence-corrected chi connectivity index (χ2v) is 1.85. The highest BCUT2D eigenvalue weighted by molar-refractivity contribution is 5.35. The predicted molar refractivity (Wildman–Crippen MR) is 35.9 cm³/mol. The Morgan fingerprint density at radius 2 is 2.50 bits per heavy atom. The topological polar surface area (TPSA) is 50.1 Å². The van der Waals surface area contributed by atoms with E-state index in [4.69, 9.17) is 6.57 Å². The fourth-order valence-electron chi connectivity index (χ4n) is 0.545. The normalized spacial score (nSPS) is 8.80. The van der Waals surface area contributed by atoms with Gasteiger partial charge in [-0.2, -0.15) is 5.10 Å². The maximum absolute atomic E-state index is 10.7. The Morgan fingerprint density at radius 3 is 3.00 bits per heavy atom. The quantitative estimate of drug-likeness (QED) is 0.530. The molecule has 0 saturated heterocycles. The van der Waals surface area contributed by atoms with E-state index in [1.165, 1.54) is 6.07 Å². The van der Waals surface area contributed by atoms with Crippen LogP contribution in [0.1, 0.15) is 5.56 Å². The minimum atomic E-state index is -0.243. The van der Waals surface area contributed by atoms with Gasteiger partial charge in [-0.25, -0.2) is 0 Å². The number of rotatable bonds is 0. The number of hydrogen-bond acceptors (Lipinski definition) is 2. The molecule has 0 spiro atoms. The van der Waals surface area contributed by atoms with Crippen molar-refractivity contribution in [2.45, 2.75) is 6.92 Å². The van der Waals surface area contributed by atoms with Gasteiger partial charge >= 0.3 is 0 Å². The molecule has 4 nitrogen and oxygen atoms in total. The molecule has 0 unspecified atom stereocenters. The summed E-state index contributed by atoms with van der Waals surface area (Å²) >= 11 is 0. The fraction of sp³-hybridized carbons (Fsp3) is 0.167. The van der Waals surface area contributed by atoms with Crippen LogP contribution >= 0.6 is 0 Å². The van der Waals surface area contributed by atoms with Crippen LogP contribution in [-0.2, 0) is 0 Å². The van der Waals surface area contributed by atoms with Crippen LogP contribution in [0.5, 0.6) is 0 Å². The predicted octanol–water partition coefficient (Wildman–Crippen LogP) is 0.629. The van der Waals surface area contributed by atoms with Gasteiger partial charge in [0, 0.05) is 5.56 Å². The third-order valence-corrected chi connectivity index (χ3v) is 1.09. The maximum atomic E-state index is 10.7. The largest absolute Gasteiger partial charge is 0.359 e. The molecule has 1 aromatic heterocycles. The smallest absolute Gasteiger partial charge is 0.294 e. The Balaban J connectivity index is 3.34. The molecule has 50 valence electrons. The van der Waals surface area contributed by atoms with Gasteiger partial charge < -0.3 is 4.85 Å². The molecule has 0 saturated carbocycles. The lowest BCUT2D eigenvalue weighted by Gasteiger charge is -1.86. The summed E-state index contributed by atoms with van der Waals surface area (Å²) in [7, 11) is 0. The van der Waals surface area contributed by atoms with Gasteiger partial charge in [0.05, 0.1) is 0 Å². The molecule has 0 aromatic carbocycles. The summed E-state index contributed by atoms with van der Waals surface area (Å²) in [4.78, 5) is 13.7. The summed E-state index contributed by atoms with van der Waals surface area (Å²) in [5, 5.41) is 5.67. The minimum Gasteiger partial charge on any atom is -0.359 e. The van der Waals surface area contributed by atoms with Crippen molar-refractivity contribution < 1.29 is 0 Å². The molecule has 10 heavy (non-hydrogen) atoms. The molecule has 1 N–H and O–H groups in total. The van der Waals surface area contributed by atoms with Crippen molar-refractivity contribution in [2.24, 2.45) is 0 Å². The van der Waals surface area contributed by atoms with Crippen molar-refractivity contribution in [3.8, 4) is 0 Å². The summed E-state index contributed by atoms with van der Waals surface area (Å²) in [5.74, 6) is 0.220. The highest BCUT2D eigenvalue weighted by Gasteiger charge is 1.96. The molecule has 0 radical (unpaired) electrons. The van der Waals surface area contributed by atoms with Crippen molar-refractivity contribution in [2.75, 3.05) is 0 Å². The van der Waals surface area contributed by atoms with E-state index >= 15 is 0 Å². The number of aromatic nitrogens is 2. The Morgan fingerprint density at radius 1 is 1.80 bits per heavy atom. The number of aromatic amines is 1. The molecule has 0 atom stereocenters. The van der Waals surface area contributed by atoms with Crippen LogP contribution in [0.3, 0.4) is 0 Å². The lowest BCUT2D eigenvalue weighted by molar-refractivity contribution is 0.984. The van der Waals surface area contributed by atoms with E-state index in [2.05, 4.69) is 15.0 Å². The molecule has 1 rings (SSSR count). The van der Waals surface area contributed by atoms with Gasteiger partial charge in [0.2, 0.25) is 0 Å². The average molecular weight is 135 g/mol. The zero-order chi connectivity index (χ0) is 7.56. The molecule has 4 heteroatoms. The first-order chi connectivity index (χ1) is 4.74. The minimum absolute atomic E-state index is 0.220. The number of H-pyrrole nitrogens is 1. The third kappa shape index (κ3) is 1.03. The molecule has 0 aliphatic heterocycles. The Bertz CT molecular complexity index is 334. The van der Waals surface area contributed by atoms with Crippen molar-refractivity contribution in [3.63, 3.8) is 0 Å². The van der Waals surface area contributed by atoms with E-state index in [9.17, 15) is 4.79 Å². The highest BCUT2D eigenvalue weighted by Crippen LogP contribution is 2.02. The summed E-state index contributed by atoms with van der Waals surface area (Å²) in [6, 6.07) is 1.45. The summed E-state index contributed by atoms with van der Waals surface area (Å²) in [6.45, 7) is 8.19. The van der Waals surface area contributed by atoms with Crippen molar-refractivity contribution >= 4 is 5.82 Å². The molecular formula is C6H5N3O. The van der Waals surface area contributed by atoms with Crippen molar-refractivity contribution in [3.05, 3.63) is 33.4 Å². The number of aryl methyl sites for hydroxylation is 1. The summed E-state index contributed by atoms with van der Waals surface area (Å²) < 4.78 is 0.